The molecule has 0 bridgehead atoms. The summed E-state index contributed by atoms with van der Waals surface area (Å²) < 4.78 is 4.85. The lowest BCUT2D eigenvalue weighted by atomic mass is 10.2. The van der Waals surface area contributed by atoms with Gasteiger partial charge in [-0.1, -0.05) is 5.16 Å². The molecule has 0 radical (unpaired) electrons. The first-order valence-electron chi connectivity index (χ1n) is 4.04. The minimum atomic E-state index is 0.586. The van der Waals surface area contributed by atoms with Gasteiger partial charge in [0.25, 0.3) is 0 Å². The Morgan fingerprint density at radius 1 is 1.46 bits per heavy atom. The Hall–Kier alpha value is -1.65. The summed E-state index contributed by atoms with van der Waals surface area (Å²) in [6.45, 7) is 3.74. The van der Waals surface area contributed by atoms with E-state index in [4.69, 9.17) is 4.52 Å². The standard InChI is InChI=1S/C8H10N4O/c1-5-7(10-4-9-5)3-8-11-6(2)13-12-8/h4H,3H2,1-2H3,(H,9,10). The van der Waals surface area contributed by atoms with E-state index in [1.165, 1.54) is 0 Å². The molecule has 0 aliphatic rings. The van der Waals surface area contributed by atoms with Gasteiger partial charge in [-0.25, -0.2) is 4.98 Å². The molecular weight excluding hydrogens is 168 g/mol. The molecule has 0 saturated carbocycles. The zero-order chi connectivity index (χ0) is 9.26. The molecule has 0 aliphatic carbocycles. The van der Waals surface area contributed by atoms with Crippen molar-refractivity contribution in [3.63, 3.8) is 0 Å². The fraction of sp³-hybridized carbons (Fsp3) is 0.375. The van der Waals surface area contributed by atoms with Gasteiger partial charge in [0.2, 0.25) is 5.89 Å². The van der Waals surface area contributed by atoms with Gasteiger partial charge in [-0.2, -0.15) is 4.98 Å². The van der Waals surface area contributed by atoms with Crippen molar-refractivity contribution in [2.75, 3.05) is 0 Å². The molecule has 2 aromatic rings. The Morgan fingerprint density at radius 2 is 2.31 bits per heavy atom. The summed E-state index contributed by atoms with van der Waals surface area (Å²) in [5.41, 5.74) is 2.00. The van der Waals surface area contributed by atoms with Gasteiger partial charge >= 0.3 is 0 Å². The predicted molar refractivity (Wildman–Crippen MR) is 45.2 cm³/mol. The van der Waals surface area contributed by atoms with Crippen LogP contribution in [0, 0.1) is 13.8 Å². The molecule has 2 rings (SSSR count). The summed E-state index contributed by atoms with van der Waals surface area (Å²) in [5, 5.41) is 3.79. The summed E-state index contributed by atoms with van der Waals surface area (Å²) >= 11 is 0. The minimum Gasteiger partial charge on any atom is -0.348 e. The summed E-state index contributed by atoms with van der Waals surface area (Å²) in [5.74, 6) is 1.26. The lowest BCUT2D eigenvalue weighted by Gasteiger charge is -1.90. The van der Waals surface area contributed by atoms with Crippen molar-refractivity contribution in [1.29, 1.82) is 0 Å². The summed E-state index contributed by atoms with van der Waals surface area (Å²) in [6, 6.07) is 0. The highest BCUT2D eigenvalue weighted by Crippen LogP contribution is 2.06. The van der Waals surface area contributed by atoms with E-state index in [1.54, 1.807) is 13.3 Å². The number of hydrogen-bond acceptors (Lipinski definition) is 4. The number of nitrogens with one attached hydrogen (secondary N) is 1. The van der Waals surface area contributed by atoms with Crippen LogP contribution in [0.15, 0.2) is 10.9 Å². The van der Waals surface area contributed by atoms with Crippen LogP contribution < -0.4 is 0 Å². The van der Waals surface area contributed by atoms with Crippen molar-refractivity contribution in [3.8, 4) is 0 Å². The van der Waals surface area contributed by atoms with E-state index >= 15 is 0 Å². The molecule has 0 aromatic carbocycles. The molecular formula is C8H10N4O. The first-order chi connectivity index (χ1) is 6.25. The zero-order valence-corrected chi connectivity index (χ0v) is 7.53. The Morgan fingerprint density at radius 3 is 2.85 bits per heavy atom. The monoisotopic (exact) mass is 178 g/mol. The predicted octanol–water partition coefficient (Wildman–Crippen LogP) is 1.00. The molecule has 0 atom stereocenters. The number of hydrogen-bond donors (Lipinski definition) is 1. The highest BCUT2D eigenvalue weighted by atomic mass is 16.5. The van der Waals surface area contributed by atoms with Crippen molar-refractivity contribution < 1.29 is 4.52 Å². The van der Waals surface area contributed by atoms with Crippen molar-refractivity contribution in [1.82, 2.24) is 20.1 Å². The molecule has 0 saturated heterocycles. The molecule has 0 amide bonds. The Bertz CT molecular complexity index is 404. The topological polar surface area (TPSA) is 67.6 Å². The normalized spacial score (nSPS) is 10.6. The third-order valence-corrected chi connectivity index (χ3v) is 1.83. The maximum atomic E-state index is 4.85. The Kier molecular flexibility index (Phi) is 1.84. The average molecular weight is 178 g/mol. The second-order valence-electron chi connectivity index (χ2n) is 2.88. The van der Waals surface area contributed by atoms with E-state index in [2.05, 4.69) is 20.1 Å². The zero-order valence-electron chi connectivity index (χ0n) is 7.53. The summed E-state index contributed by atoms with van der Waals surface area (Å²) in [4.78, 5) is 11.2. The van der Waals surface area contributed by atoms with Gasteiger partial charge in [-0.3, -0.25) is 0 Å². The van der Waals surface area contributed by atoms with Crippen LogP contribution in [0.5, 0.6) is 0 Å². The molecule has 13 heavy (non-hydrogen) atoms. The van der Waals surface area contributed by atoms with Gasteiger partial charge in [0.15, 0.2) is 5.82 Å². The molecule has 2 heterocycles. The van der Waals surface area contributed by atoms with Crippen molar-refractivity contribution in [2.24, 2.45) is 0 Å². The van der Waals surface area contributed by atoms with Crippen LogP contribution in [0.1, 0.15) is 23.1 Å². The highest BCUT2D eigenvalue weighted by Gasteiger charge is 2.07. The molecule has 0 unspecified atom stereocenters. The number of aromatic nitrogens is 4. The minimum absolute atomic E-state index is 0.586. The van der Waals surface area contributed by atoms with Crippen LogP contribution in [0.3, 0.4) is 0 Å². The van der Waals surface area contributed by atoms with E-state index in [0.29, 0.717) is 18.1 Å². The third kappa shape index (κ3) is 1.58. The van der Waals surface area contributed by atoms with E-state index in [9.17, 15) is 0 Å². The maximum absolute atomic E-state index is 4.85. The second-order valence-corrected chi connectivity index (χ2v) is 2.88. The van der Waals surface area contributed by atoms with Crippen molar-refractivity contribution in [3.05, 3.63) is 29.4 Å². The largest absolute Gasteiger partial charge is 0.348 e. The molecule has 0 spiro atoms. The molecule has 0 fully saturated rings. The van der Waals surface area contributed by atoms with Gasteiger partial charge in [-0.05, 0) is 6.92 Å². The SMILES string of the molecule is Cc1nc(Cc2nc[nH]c2C)no1. The van der Waals surface area contributed by atoms with E-state index in [0.717, 1.165) is 11.4 Å². The average Bonchev–Trinajstić information content (AvgIpc) is 2.64. The Balaban J connectivity index is 2.19. The lowest BCUT2D eigenvalue weighted by molar-refractivity contribution is 0.388. The number of rotatable bonds is 2. The van der Waals surface area contributed by atoms with Crippen LogP contribution in [0.2, 0.25) is 0 Å². The van der Waals surface area contributed by atoms with Gasteiger partial charge < -0.3 is 9.51 Å². The Labute approximate surface area is 75.2 Å². The molecule has 1 N–H and O–H groups in total. The van der Waals surface area contributed by atoms with Crippen molar-refractivity contribution in [2.45, 2.75) is 20.3 Å². The molecule has 0 aliphatic heterocycles. The molecule has 2 aromatic heterocycles. The number of imidazole rings is 1. The number of aromatic amines is 1. The van der Waals surface area contributed by atoms with E-state index in [1.807, 2.05) is 6.92 Å². The van der Waals surface area contributed by atoms with Crippen LogP contribution in [-0.4, -0.2) is 20.1 Å². The lowest BCUT2D eigenvalue weighted by Crippen LogP contribution is -1.93. The van der Waals surface area contributed by atoms with Gasteiger partial charge in [0.05, 0.1) is 18.4 Å². The van der Waals surface area contributed by atoms with Gasteiger partial charge in [0.1, 0.15) is 0 Å². The summed E-state index contributed by atoms with van der Waals surface area (Å²) in [6.07, 6.45) is 2.28. The number of aryl methyl sites for hydroxylation is 2. The number of nitrogens with zero attached hydrogens (tertiary/aromatic N) is 3. The van der Waals surface area contributed by atoms with E-state index in [-0.39, 0.29) is 0 Å². The van der Waals surface area contributed by atoms with Gasteiger partial charge in [0, 0.05) is 12.6 Å². The molecule has 68 valence electrons. The summed E-state index contributed by atoms with van der Waals surface area (Å²) in [7, 11) is 0. The van der Waals surface area contributed by atoms with Crippen LogP contribution in [-0.2, 0) is 6.42 Å². The van der Waals surface area contributed by atoms with Crippen LogP contribution in [0.4, 0.5) is 0 Å². The van der Waals surface area contributed by atoms with Gasteiger partial charge in [-0.15, -0.1) is 0 Å². The maximum Gasteiger partial charge on any atom is 0.223 e. The molecule has 5 heteroatoms. The first-order valence-corrected chi connectivity index (χ1v) is 4.04. The quantitative estimate of drug-likeness (QED) is 0.744. The third-order valence-electron chi connectivity index (χ3n) is 1.83. The fourth-order valence-corrected chi connectivity index (χ4v) is 1.13. The number of H-pyrrole nitrogens is 1. The van der Waals surface area contributed by atoms with E-state index < -0.39 is 0 Å². The van der Waals surface area contributed by atoms with Crippen LogP contribution in [0.25, 0.3) is 0 Å². The molecule has 5 nitrogen and oxygen atoms in total. The smallest absolute Gasteiger partial charge is 0.223 e. The fourth-order valence-electron chi connectivity index (χ4n) is 1.13. The highest BCUT2D eigenvalue weighted by molar-refractivity contribution is 5.13. The van der Waals surface area contributed by atoms with Crippen LogP contribution >= 0.6 is 0 Å². The second kappa shape index (κ2) is 3.01. The first kappa shape index (κ1) is 7.97. The van der Waals surface area contributed by atoms with Crippen molar-refractivity contribution >= 4 is 0 Å².